The molecule has 0 bridgehead atoms. The Morgan fingerprint density at radius 3 is 2.57 bits per heavy atom. The number of carbonyl (C=O) groups is 3. The molecule has 0 aliphatic carbocycles. The van der Waals surface area contributed by atoms with Gasteiger partial charge in [-0.25, -0.2) is 9.78 Å². The number of rotatable bonds is 11. The maximum atomic E-state index is 14.1. The predicted molar refractivity (Wildman–Crippen MR) is 172 cm³/mol. The largest absolute Gasteiger partial charge is 0.503 e. The molecule has 3 aromatic carbocycles. The molecule has 0 radical (unpaired) electrons. The molecule has 1 N–H and O–H groups in total. The van der Waals surface area contributed by atoms with Crippen LogP contribution in [0.3, 0.4) is 0 Å². The van der Waals surface area contributed by atoms with Crippen LogP contribution in [0.1, 0.15) is 43.1 Å². The fourth-order valence-corrected chi connectivity index (χ4v) is 6.15. The summed E-state index contributed by atoms with van der Waals surface area (Å²) in [6.07, 6.45) is 1.44. The minimum atomic E-state index is -1.16. The molecule has 2 aromatic heterocycles. The Balaban J connectivity index is 1.43. The highest BCUT2D eigenvalue weighted by molar-refractivity contribution is 7.17. The Hall–Kier alpha value is -5.68. The van der Waals surface area contributed by atoms with E-state index in [4.69, 9.17) is 18.6 Å². The number of amides is 1. The Labute approximate surface area is 267 Å². The number of fused-ring (bicyclic) bond motifs is 1. The van der Waals surface area contributed by atoms with E-state index in [0.29, 0.717) is 33.7 Å². The number of hydrogen-bond acceptors (Lipinski definition) is 10. The fraction of sp³-hybridized carbons (Fsp3) is 0.143. The number of aromatic nitrogens is 1. The van der Waals surface area contributed by atoms with Crippen LogP contribution in [0.25, 0.3) is 11.0 Å². The van der Waals surface area contributed by atoms with Gasteiger partial charge in [-0.2, -0.15) is 0 Å². The third-order valence-corrected chi connectivity index (χ3v) is 8.49. The lowest BCUT2D eigenvalue weighted by atomic mass is 9.95. The first kappa shape index (κ1) is 30.4. The Morgan fingerprint density at radius 1 is 1.07 bits per heavy atom. The number of benzene rings is 3. The van der Waals surface area contributed by atoms with Gasteiger partial charge in [-0.3, -0.25) is 14.5 Å². The van der Waals surface area contributed by atoms with Gasteiger partial charge in [0.2, 0.25) is 5.78 Å². The summed E-state index contributed by atoms with van der Waals surface area (Å²) < 4.78 is 22.7. The van der Waals surface area contributed by atoms with Crippen LogP contribution in [0.2, 0.25) is 0 Å². The van der Waals surface area contributed by atoms with Crippen molar-refractivity contribution in [2.45, 2.75) is 19.6 Å². The van der Waals surface area contributed by atoms with Gasteiger partial charge in [0.15, 0.2) is 28.1 Å². The van der Waals surface area contributed by atoms with Gasteiger partial charge < -0.3 is 23.7 Å². The van der Waals surface area contributed by atoms with E-state index >= 15 is 0 Å². The molecule has 0 spiro atoms. The number of ketones is 1. The number of ether oxygens (including phenoxy) is 3. The summed E-state index contributed by atoms with van der Waals surface area (Å²) in [7, 11) is 1.48. The lowest BCUT2D eigenvalue weighted by Gasteiger charge is -2.25. The van der Waals surface area contributed by atoms with Crippen molar-refractivity contribution in [2.24, 2.45) is 0 Å². The number of thiazole rings is 1. The quantitative estimate of drug-likeness (QED) is 0.0934. The SMILES string of the molecule is C=CCOC(=O)c1sc(N2C(=O)C(O)=C(C(=O)c3cc4ccccc4o3)C2c2ccc(OCc3ccccc3)c(OC)c2)nc1C. The molecule has 232 valence electrons. The molecule has 1 aliphatic heterocycles. The van der Waals surface area contributed by atoms with Crippen molar-refractivity contribution in [2.75, 3.05) is 18.6 Å². The molecule has 6 rings (SSSR count). The molecule has 5 aromatic rings. The van der Waals surface area contributed by atoms with Crippen LogP contribution in [0, 0.1) is 6.92 Å². The van der Waals surface area contributed by atoms with Gasteiger partial charge in [-0.05, 0) is 42.3 Å². The summed E-state index contributed by atoms with van der Waals surface area (Å²) in [6, 6.07) is 22.1. The standard InChI is InChI=1S/C35H28N2O8S/c1-4-16-43-34(41)32-20(2)36-35(46-32)37-29(23-14-15-25(26(18-23)42-3)44-19-21-10-6-5-7-11-21)28(31(39)33(37)40)30(38)27-17-22-12-8-9-13-24(22)45-27/h4-15,17-18,29,39H,1,16,19H2,2-3H3. The number of carbonyl (C=O) groups excluding carboxylic acids is 3. The summed E-state index contributed by atoms with van der Waals surface area (Å²) in [6.45, 7) is 5.44. The molecule has 1 atom stereocenters. The molecular weight excluding hydrogens is 608 g/mol. The third kappa shape index (κ3) is 5.64. The number of esters is 1. The second-order valence-electron chi connectivity index (χ2n) is 10.3. The van der Waals surface area contributed by atoms with Gasteiger partial charge in [-0.15, -0.1) is 0 Å². The van der Waals surface area contributed by atoms with Gasteiger partial charge in [-0.1, -0.05) is 78.6 Å². The second-order valence-corrected chi connectivity index (χ2v) is 11.3. The summed E-state index contributed by atoms with van der Waals surface area (Å²) in [5.74, 6) is -2.23. The fourth-order valence-electron chi connectivity index (χ4n) is 5.16. The minimum absolute atomic E-state index is 0.00619. The van der Waals surface area contributed by atoms with Gasteiger partial charge >= 0.3 is 5.97 Å². The van der Waals surface area contributed by atoms with Crippen molar-refractivity contribution in [3.63, 3.8) is 0 Å². The van der Waals surface area contributed by atoms with Crippen LogP contribution < -0.4 is 14.4 Å². The van der Waals surface area contributed by atoms with Crippen LogP contribution in [0.5, 0.6) is 11.5 Å². The Morgan fingerprint density at radius 2 is 1.83 bits per heavy atom. The lowest BCUT2D eigenvalue weighted by Crippen LogP contribution is -2.31. The number of aryl methyl sites for hydroxylation is 1. The van der Waals surface area contributed by atoms with Crippen LogP contribution in [0.4, 0.5) is 5.13 Å². The highest BCUT2D eigenvalue weighted by atomic mass is 32.1. The van der Waals surface area contributed by atoms with Crippen molar-refractivity contribution in [1.82, 2.24) is 4.98 Å². The predicted octanol–water partition coefficient (Wildman–Crippen LogP) is 6.91. The molecule has 46 heavy (non-hydrogen) atoms. The monoisotopic (exact) mass is 636 g/mol. The van der Waals surface area contributed by atoms with Gasteiger partial charge in [0.25, 0.3) is 5.91 Å². The van der Waals surface area contributed by atoms with Crippen molar-refractivity contribution >= 4 is 45.1 Å². The number of nitrogens with zero attached hydrogens (tertiary/aromatic N) is 2. The molecular formula is C35H28N2O8S. The first-order chi connectivity index (χ1) is 22.3. The molecule has 3 heterocycles. The molecule has 11 heteroatoms. The molecule has 1 amide bonds. The summed E-state index contributed by atoms with van der Waals surface area (Å²) >= 11 is 0.908. The van der Waals surface area contributed by atoms with Crippen molar-refractivity contribution < 1.29 is 38.1 Å². The second kappa shape index (κ2) is 12.7. The molecule has 0 fully saturated rings. The summed E-state index contributed by atoms with van der Waals surface area (Å²) in [4.78, 5) is 46.4. The van der Waals surface area contributed by atoms with Crippen LogP contribution in [0.15, 0.2) is 107 Å². The zero-order chi connectivity index (χ0) is 32.4. The molecule has 0 saturated carbocycles. The van der Waals surface area contributed by atoms with E-state index in [1.165, 1.54) is 18.1 Å². The first-order valence-corrected chi connectivity index (χ1v) is 15.0. The number of aliphatic hydroxyl groups excluding tert-OH is 1. The zero-order valence-corrected chi connectivity index (χ0v) is 25.7. The summed E-state index contributed by atoms with van der Waals surface area (Å²) in [5.41, 5.74) is 1.95. The normalized spacial score (nSPS) is 14.5. The van der Waals surface area contributed by atoms with Crippen molar-refractivity contribution in [1.29, 1.82) is 0 Å². The Kier molecular flexibility index (Phi) is 8.41. The van der Waals surface area contributed by atoms with Crippen LogP contribution >= 0.6 is 11.3 Å². The number of methoxy groups -OCH3 is 1. The van der Waals surface area contributed by atoms with Gasteiger partial charge in [0.05, 0.1) is 24.4 Å². The number of furan rings is 1. The van der Waals surface area contributed by atoms with Crippen LogP contribution in [-0.4, -0.2) is 41.5 Å². The maximum absolute atomic E-state index is 14.1. The zero-order valence-electron chi connectivity index (χ0n) is 24.9. The highest BCUT2D eigenvalue weighted by Crippen LogP contribution is 2.45. The average molecular weight is 637 g/mol. The maximum Gasteiger partial charge on any atom is 0.350 e. The van der Waals surface area contributed by atoms with E-state index in [2.05, 4.69) is 11.6 Å². The van der Waals surface area contributed by atoms with Crippen LogP contribution in [-0.2, 0) is 16.1 Å². The van der Waals surface area contributed by atoms with E-state index in [-0.39, 0.29) is 34.6 Å². The first-order valence-electron chi connectivity index (χ1n) is 14.2. The number of hydrogen-bond donors (Lipinski definition) is 1. The smallest absolute Gasteiger partial charge is 0.350 e. The minimum Gasteiger partial charge on any atom is -0.503 e. The van der Waals surface area contributed by atoms with Gasteiger partial charge in [0.1, 0.15) is 23.7 Å². The molecule has 1 unspecified atom stereocenters. The average Bonchev–Trinajstić information content (AvgIpc) is 3.76. The lowest BCUT2D eigenvalue weighted by molar-refractivity contribution is -0.117. The van der Waals surface area contributed by atoms with E-state index in [9.17, 15) is 19.5 Å². The molecule has 0 saturated heterocycles. The number of anilines is 1. The van der Waals surface area contributed by atoms with E-state index in [0.717, 1.165) is 16.9 Å². The van der Waals surface area contributed by atoms with E-state index in [1.807, 2.05) is 36.4 Å². The number of para-hydroxylation sites is 1. The van der Waals surface area contributed by atoms with Gasteiger partial charge in [0, 0.05) is 5.39 Å². The topological polar surface area (TPSA) is 128 Å². The third-order valence-electron chi connectivity index (χ3n) is 7.35. The highest BCUT2D eigenvalue weighted by Gasteiger charge is 2.47. The van der Waals surface area contributed by atoms with Crippen molar-refractivity contribution in [3.8, 4) is 11.5 Å². The Bertz CT molecular complexity index is 1980. The van der Waals surface area contributed by atoms with E-state index in [1.54, 1.807) is 49.4 Å². The molecule has 1 aliphatic rings. The van der Waals surface area contributed by atoms with Crippen molar-refractivity contribution in [3.05, 3.63) is 130 Å². The number of Topliss-reactive ketones (excluding diaryl/α,β-unsaturated/α-hetero) is 1. The number of aliphatic hydroxyl groups is 1. The molecule has 10 nitrogen and oxygen atoms in total. The van der Waals surface area contributed by atoms with E-state index < -0.39 is 29.5 Å². The summed E-state index contributed by atoms with van der Waals surface area (Å²) in [5, 5.41) is 12.0.